The molecule has 0 spiro atoms. The lowest BCUT2D eigenvalue weighted by molar-refractivity contribution is -0.138. The van der Waals surface area contributed by atoms with E-state index in [1.807, 2.05) is 53.4 Å². The first-order chi connectivity index (χ1) is 16.6. The standard InChI is InChI=1S/C27H22F3N5/c1-25-17-35(14-18-7-3-2-4-8-18)12-11-21(25)20(13-31)24(34)26(15-32,16-33)23(25)19-9-5-6-10-22(19)27(28,29)30/h2-11,23H,12,14,17,34H2,1H3/t23-,25+/m1/s1. The van der Waals surface area contributed by atoms with Crippen LogP contribution in [-0.4, -0.2) is 18.0 Å². The van der Waals surface area contributed by atoms with E-state index in [0.717, 1.165) is 11.6 Å². The molecule has 5 nitrogen and oxygen atoms in total. The van der Waals surface area contributed by atoms with Gasteiger partial charge in [0.05, 0.1) is 29.0 Å². The summed E-state index contributed by atoms with van der Waals surface area (Å²) in [6, 6.07) is 20.5. The molecule has 2 N–H and O–H groups in total. The molecule has 2 aromatic carbocycles. The summed E-state index contributed by atoms with van der Waals surface area (Å²) in [5.41, 5.74) is 3.03. The van der Waals surface area contributed by atoms with E-state index >= 15 is 0 Å². The van der Waals surface area contributed by atoms with Gasteiger partial charge in [-0.05, 0) is 22.8 Å². The number of nitrogens with two attached hydrogens (primary N) is 1. The van der Waals surface area contributed by atoms with Crippen molar-refractivity contribution in [2.75, 3.05) is 13.1 Å². The molecule has 4 rings (SSSR count). The third-order valence-electron chi connectivity index (χ3n) is 7.05. The molecule has 0 fully saturated rings. The fourth-order valence-electron chi connectivity index (χ4n) is 5.62. The summed E-state index contributed by atoms with van der Waals surface area (Å²) >= 11 is 0. The number of nitriles is 3. The van der Waals surface area contributed by atoms with Crippen molar-refractivity contribution in [3.8, 4) is 18.2 Å². The molecule has 2 aromatic rings. The second kappa shape index (κ2) is 8.62. The Kier molecular flexibility index (Phi) is 5.93. The second-order valence-corrected chi connectivity index (χ2v) is 9.14. The Bertz CT molecular complexity index is 1320. The van der Waals surface area contributed by atoms with Gasteiger partial charge in [-0.3, -0.25) is 4.90 Å². The summed E-state index contributed by atoms with van der Waals surface area (Å²) in [4.78, 5) is 2.04. The third-order valence-corrected chi connectivity index (χ3v) is 7.05. The highest BCUT2D eigenvalue weighted by atomic mass is 19.4. The van der Waals surface area contributed by atoms with Crippen molar-refractivity contribution in [3.05, 3.63) is 94.2 Å². The smallest absolute Gasteiger partial charge is 0.399 e. The molecule has 0 unspecified atom stereocenters. The van der Waals surface area contributed by atoms with Crippen LogP contribution in [0.3, 0.4) is 0 Å². The molecule has 8 heteroatoms. The van der Waals surface area contributed by atoms with Crippen molar-refractivity contribution >= 4 is 0 Å². The SMILES string of the molecule is C[C@]12CN(Cc3ccccc3)CC=C1C(C#N)=C(N)C(C#N)(C#N)[C@@H]2c1ccccc1C(F)(F)F. The Morgan fingerprint density at radius 3 is 2.26 bits per heavy atom. The molecule has 0 amide bonds. The van der Waals surface area contributed by atoms with Gasteiger partial charge in [0.2, 0.25) is 0 Å². The van der Waals surface area contributed by atoms with Gasteiger partial charge in [-0.15, -0.1) is 0 Å². The maximum atomic E-state index is 14.1. The molecule has 0 saturated carbocycles. The quantitative estimate of drug-likeness (QED) is 0.675. The lowest BCUT2D eigenvalue weighted by Gasteiger charge is -2.53. The van der Waals surface area contributed by atoms with Gasteiger partial charge >= 0.3 is 6.18 Å². The molecule has 0 saturated heterocycles. The number of hydrogen-bond donors (Lipinski definition) is 1. The van der Waals surface area contributed by atoms with Crippen LogP contribution in [0.15, 0.2) is 77.5 Å². The van der Waals surface area contributed by atoms with Crippen molar-refractivity contribution in [2.24, 2.45) is 16.6 Å². The fourth-order valence-corrected chi connectivity index (χ4v) is 5.62. The van der Waals surface area contributed by atoms with Crippen molar-refractivity contribution < 1.29 is 13.2 Å². The highest BCUT2D eigenvalue weighted by Crippen LogP contribution is 2.61. The first-order valence-electron chi connectivity index (χ1n) is 11.0. The minimum Gasteiger partial charge on any atom is -0.399 e. The zero-order valence-corrected chi connectivity index (χ0v) is 19.0. The first kappa shape index (κ1) is 24.1. The molecule has 1 heterocycles. The fraction of sp³-hybridized carbons (Fsp3) is 0.296. The summed E-state index contributed by atoms with van der Waals surface area (Å²) in [5, 5.41) is 30.4. The van der Waals surface area contributed by atoms with Crippen LogP contribution in [0.5, 0.6) is 0 Å². The van der Waals surface area contributed by atoms with E-state index < -0.39 is 28.5 Å². The third kappa shape index (κ3) is 3.75. The number of allylic oxidation sites excluding steroid dienone is 2. The van der Waals surface area contributed by atoms with Gasteiger partial charge in [0, 0.05) is 31.0 Å². The van der Waals surface area contributed by atoms with E-state index in [4.69, 9.17) is 5.73 Å². The van der Waals surface area contributed by atoms with Crippen molar-refractivity contribution in [2.45, 2.75) is 25.6 Å². The molecule has 0 radical (unpaired) electrons. The van der Waals surface area contributed by atoms with Gasteiger partial charge in [-0.25, -0.2) is 0 Å². The van der Waals surface area contributed by atoms with Gasteiger partial charge in [0.25, 0.3) is 0 Å². The highest BCUT2D eigenvalue weighted by molar-refractivity contribution is 5.62. The largest absolute Gasteiger partial charge is 0.416 e. The van der Waals surface area contributed by atoms with Gasteiger partial charge in [0.15, 0.2) is 5.41 Å². The zero-order valence-electron chi connectivity index (χ0n) is 19.0. The molecule has 2 atom stereocenters. The number of rotatable bonds is 3. The van der Waals surface area contributed by atoms with E-state index in [2.05, 4.69) is 0 Å². The Morgan fingerprint density at radius 1 is 1.03 bits per heavy atom. The summed E-state index contributed by atoms with van der Waals surface area (Å²) in [5.74, 6) is -1.26. The monoisotopic (exact) mass is 473 g/mol. The highest BCUT2D eigenvalue weighted by Gasteiger charge is 2.61. The van der Waals surface area contributed by atoms with Crippen LogP contribution in [-0.2, 0) is 12.7 Å². The zero-order chi connectivity index (χ0) is 25.4. The molecular weight excluding hydrogens is 451 g/mol. The molecule has 0 bridgehead atoms. The summed E-state index contributed by atoms with van der Waals surface area (Å²) in [6.45, 7) is 2.91. The summed E-state index contributed by atoms with van der Waals surface area (Å²) in [7, 11) is 0. The van der Waals surface area contributed by atoms with Crippen molar-refractivity contribution in [1.82, 2.24) is 4.90 Å². The van der Waals surface area contributed by atoms with E-state index in [9.17, 15) is 29.0 Å². The normalized spacial score (nSPS) is 23.9. The van der Waals surface area contributed by atoms with Crippen molar-refractivity contribution in [3.63, 3.8) is 0 Å². The Balaban J connectivity index is 1.98. The first-order valence-corrected chi connectivity index (χ1v) is 11.0. The van der Waals surface area contributed by atoms with E-state index in [1.165, 1.54) is 18.2 Å². The van der Waals surface area contributed by atoms with Crippen molar-refractivity contribution in [1.29, 1.82) is 15.8 Å². The van der Waals surface area contributed by atoms with Crippen LogP contribution in [0.4, 0.5) is 13.2 Å². The van der Waals surface area contributed by atoms with Crippen LogP contribution < -0.4 is 5.73 Å². The lowest BCUT2D eigenvalue weighted by Crippen LogP contribution is -2.54. The maximum Gasteiger partial charge on any atom is 0.416 e. The molecule has 1 aliphatic heterocycles. The number of hydrogen-bond acceptors (Lipinski definition) is 5. The van der Waals surface area contributed by atoms with E-state index in [1.54, 1.807) is 13.0 Å². The number of benzene rings is 2. The lowest BCUT2D eigenvalue weighted by atomic mass is 9.50. The average Bonchev–Trinajstić information content (AvgIpc) is 2.84. The Hall–Kier alpha value is -4.06. The van der Waals surface area contributed by atoms with E-state index in [-0.39, 0.29) is 23.4 Å². The molecule has 1 aliphatic carbocycles. The topological polar surface area (TPSA) is 101 Å². The Labute approximate surface area is 201 Å². The predicted octanol–water partition coefficient (Wildman–Crippen LogP) is 5.02. The number of halogens is 3. The van der Waals surface area contributed by atoms with Gasteiger partial charge in [-0.2, -0.15) is 29.0 Å². The minimum absolute atomic E-state index is 0.00398. The van der Waals surface area contributed by atoms with Crippen LogP contribution in [0.2, 0.25) is 0 Å². The van der Waals surface area contributed by atoms with E-state index in [0.29, 0.717) is 18.7 Å². The average molecular weight is 474 g/mol. The van der Waals surface area contributed by atoms with Gasteiger partial charge in [0.1, 0.15) is 6.07 Å². The predicted molar refractivity (Wildman–Crippen MR) is 123 cm³/mol. The number of nitrogens with zero attached hydrogens (tertiary/aromatic N) is 4. The molecular formula is C27H22F3N5. The van der Waals surface area contributed by atoms with Gasteiger partial charge in [-0.1, -0.05) is 61.5 Å². The Morgan fingerprint density at radius 2 is 1.66 bits per heavy atom. The van der Waals surface area contributed by atoms with Crippen LogP contribution in [0.25, 0.3) is 0 Å². The summed E-state index contributed by atoms with van der Waals surface area (Å²) < 4.78 is 42.4. The second-order valence-electron chi connectivity index (χ2n) is 9.14. The molecule has 176 valence electrons. The molecule has 0 aromatic heterocycles. The van der Waals surface area contributed by atoms with Gasteiger partial charge < -0.3 is 5.73 Å². The summed E-state index contributed by atoms with van der Waals surface area (Å²) in [6.07, 6.45) is -2.92. The molecule has 2 aliphatic rings. The number of fused-ring (bicyclic) bond motifs is 1. The van der Waals surface area contributed by atoms with Crippen LogP contribution in [0, 0.1) is 44.8 Å². The van der Waals surface area contributed by atoms with Crippen LogP contribution in [0.1, 0.15) is 29.5 Å². The number of alkyl halides is 3. The van der Waals surface area contributed by atoms with Crippen LogP contribution >= 0.6 is 0 Å². The minimum atomic E-state index is -4.71. The maximum absolute atomic E-state index is 14.1. The molecule has 35 heavy (non-hydrogen) atoms.